The molecule has 136 valence electrons. The van der Waals surface area contributed by atoms with Crippen LogP contribution in [0.5, 0.6) is 5.75 Å². The molecular weight excluding hydrogens is 337 g/mol. The zero-order valence-corrected chi connectivity index (χ0v) is 14.9. The smallest absolute Gasteiger partial charge is 0.381 e. The molecule has 0 saturated heterocycles. The molecule has 0 fully saturated rings. The number of rotatable bonds is 8. The summed E-state index contributed by atoms with van der Waals surface area (Å²) in [5, 5.41) is 7.42. The van der Waals surface area contributed by atoms with Crippen LogP contribution in [0.15, 0.2) is 30.3 Å². The molecule has 0 amide bonds. The van der Waals surface area contributed by atoms with Crippen LogP contribution in [0.3, 0.4) is 0 Å². The van der Waals surface area contributed by atoms with E-state index in [4.69, 9.17) is 29.4 Å². The molecule has 0 bridgehead atoms. The first-order valence-corrected chi connectivity index (χ1v) is 9.05. The number of aliphatic carboxylic acids is 1. The van der Waals surface area contributed by atoms with E-state index in [1.54, 1.807) is 31.2 Å². The number of benzene rings is 1. The molecule has 0 heterocycles. The third-order valence-corrected chi connectivity index (χ3v) is 4.26. The summed E-state index contributed by atoms with van der Waals surface area (Å²) in [6, 6.07) is 8.61. The van der Waals surface area contributed by atoms with Crippen LogP contribution in [0, 0.1) is 0 Å². The third-order valence-electron chi connectivity index (χ3n) is 2.33. The molecule has 0 aromatic heterocycles. The first-order valence-electron chi connectivity index (χ1n) is 7.32. The van der Waals surface area contributed by atoms with Crippen molar-refractivity contribution >= 4 is 19.5 Å². The Morgan fingerprint density at radius 2 is 1.83 bits per heavy atom. The molecule has 1 aromatic carbocycles. The number of hydrogen-bond donors (Lipinski definition) is 2. The van der Waals surface area contributed by atoms with Gasteiger partial charge in [0, 0.05) is 13.5 Å². The summed E-state index contributed by atoms with van der Waals surface area (Å²) in [4.78, 5) is 20.5. The van der Waals surface area contributed by atoms with E-state index >= 15 is 0 Å². The van der Waals surface area contributed by atoms with Crippen LogP contribution < -0.4 is 10.3 Å². The van der Waals surface area contributed by atoms with Gasteiger partial charge in [0.2, 0.25) is 0 Å². The zero-order chi connectivity index (χ0) is 18.6. The lowest BCUT2D eigenvalue weighted by Gasteiger charge is -2.21. The molecule has 9 heteroatoms. The van der Waals surface area contributed by atoms with Gasteiger partial charge < -0.3 is 20.1 Å². The van der Waals surface area contributed by atoms with Crippen LogP contribution in [0.4, 0.5) is 0 Å². The van der Waals surface area contributed by atoms with Crippen molar-refractivity contribution in [1.82, 2.24) is 0 Å². The Balaban J connectivity index is 0.00000118. The lowest BCUT2D eigenvalue weighted by Crippen LogP contribution is -2.24. The average Bonchev–Trinajstić information content (AvgIpc) is 2.47. The standard InChI is InChI=1S/C13H20NO5P.C2H4O2/c1-3-17-13(15)11(2)18-20(16,10-9-14)19-12-7-5-4-6-8-12;1-2(3)4/h4-8,11H,3,9-10,14H2,1-2H3;1H3,(H,3,4). The van der Waals surface area contributed by atoms with Gasteiger partial charge in [-0.3, -0.25) is 9.32 Å². The maximum absolute atomic E-state index is 12.6. The van der Waals surface area contributed by atoms with Gasteiger partial charge in [0.25, 0.3) is 5.97 Å². The Morgan fingerprint density at radius 1 is 1.29 bits per heavy atom. The molecule has 8 nitrogen and oxygen atoms in total. The number of para-hydroxylation sites is 1. The first kappa shape index (κ1) is 22.1. The van der Waals surface area contributed by atoms with Crippen LogP contribution in [0.1, 0.15) is 20.8 Å². The minimum atomic E-state index is -3.50. The first-order chi connectivity index (χ1) is 11.2. The predicted octanol–water partition coefficient (Wildman–Crippen LogP) is 2.28. The number of esters is 1. The van der Waals surface area contributed by atoms with E-state index < -0.39 is 25.6 Å². The minimum Gasteiger partial charge on any atom is -0.481 e. The number of carboxylic acids is 1. The Labute approximate surface area is 141 Å². The van der Waals surface area contributed by atoms with E-state index in [1.807, 2.05) is 6.07 Å². The van der Waals surface area contributed by atoms with E-state index in [2.05, 4.69) is 0 Å². The lowest BCUT2D eigenvalue weighted by atomic mass is 10.3. The third kappa shape index (κ3) is 9.99. The highest BCUT2D eigenvalue weighted by molar-refractivity contribution is 7.54. The fourth-order valence-electron chi connectivity index (χ4n) is 1.46. The summed E-state index contributed by atoms with van der Waals surface area (Å²) in [6.07, 6.45) is -0.956. The molecular formula is C15H24NO7P. The van der Waals surface area contributed by atoms with E-state index in [0.29, 0.717) is 5.75 Å². The average molecular weight is 361 g/mol. The molecule has 2 atom stereocenters. The Kier molecular flexibility index (Phi) is 10.7. The van der Waals surface area contributed by atoms with Crippen molar-refractivity contribution in [2.45, 2.75) is 26.9 Å². The summed E-state index contributed by atoms with van der Waals surface area (Å²) in [5.74, 6) is -1.01. The van der Waals surface area contributed by atoms with Crippen molar-refractivity contribution in [3.05, 3.63) is 30.3 Å². The highest BCUT2D eigenvalue weighted by atomic mass is 31.2. The van der Waals surface area contributed by atoms with E-state index in [0.717, 1.165) is 6.92 Å². The molecule has 3 N–H and O–H groups in total. The second-order valence-electron chi connectivity index (χ2n) is 4.55. The molecule has 1 rings (SSSR count). The molecule has 2 unspecified atom stereocenters. The van der Waals surface area contributed by atoms with Crippen LogP contribution in [-0.4, -0.2) is 42.5 Å². The van der Waals surface area contributed by atoms with E-state index in [9.17, 15) is 9.36 Å². The van der Waals surface area contributed by atoms with Gasteiger partial charge in [0.15, 0.2) is 6.10 Å². The van der Waals surface area contributed by atoms with Gasteiger partial charge in [-0.15, -0.1) is 0 Å². The van der Waals surface area contributed by atoms with Crippen LogP contribution in [0.2, 0.25) is 0 Å². The van der Waals surface area contributed by atoms with Crippen LogP contribution in [-0.2, 0) is 23.4 Å². The highest BCUT2D eigenvalue weighted by Crippen LogP contribution is 2.48. The van der Waals surface area contributed by atoms with Crippen molar-refractivity contribution < 1.29 is 33.0 Å². The van der Waals surface area contributed by atoms with Crippen LogP contribution in [0.25, 0.3) is 0 Å². The fourth-order valence-corrected chi connectivity index (χ4v) is 3.03. The van der Waals surface area contributed by atoms with Crippen molar-refractivity contribution in [2.24, 2.45) is 5.73 Å². The monoisotopic (exact) mass is 361 g/mol. The quantitative estimate of drug-likeness (QED) is 0.533. The van der Waals surface area contributed by atoms with Crippen LogP contribution >= 0.6 is 7.60 Å². The van der Waals surface area contributed by atoms with Crippen molar-refractivity contribution in [1.29, 1.82) is 0 Å². The minimum absolute atomic E-state index is 0.0195. The van der Waals surface area contributed by atoms with E-state index in [-0.39, 0.29) is 19.3 Å². The van der Waals surface area contributed by atoms with Crippen molar-refractivity contribution in [2.75, 3.05) is 19.3 Å². The maximum Gasteiger partial charge on any atom is 0.381 e. The van der Waals surface area contributed by atoms with Crippen molar-refractivity contribution in [3.63, 3.8) is 0 Å². The fraction of sp³-hybridized carbons (Fsp3) is 0.467. The maximum atomic E-state index is 12.6. The highest BCUT2D eigenvalue weighted by Gasteiger charge is 2.31. The second-order valence-corrected chi connectivity index (χ2v) is 6.61. The summed E-state index contributed by atoms with van der Waals surface area (Å²) in [7, 11) is -3.50. The van der Waals surface area contributed by atoms with Gasteiger partial charge in [-0.2, -0.15) is 0 Å². The largest absolute Gasteiger partial charge is 0.481 e. The molecule has 0 radical (unpaired) electrons. The zero-order valence-electron chi connectivity index (χ0n) is 14.0. The number of carboxylic acid groups (broad SMARTS) is 1. The molecule has 24 heavy (non-hydrogen) atoms. The Morgan fingerprint density at radius 3 is 2.29 bits per heavy atom. The van der Waals surface area contributed by atoms with E-state index in [1.165, 1.54) is 6.92 Å². The topological polar surface area (TPSA) is 125 Å². The summed E-state index contributed by atoms with van der Waals surface area (Å²) in [6.45, 7) is 4.59. The SMILES string of the molecule is CC(=O)O.CCOC(=O)C(C)OP(=O)(CCN)Oc1ccccc1. The number of nitrogens with two attached hydrogens (primary N) is 1. The van der Waals surface area contributed by atoms with Gasteiger partial charge >= 0.3 is 13.6 Å². The molecule has 1 aromatic rings. The normalized spacial score (nSPS) is 13.7. The summed E-state index contributed by atoms with van der Waals surface area (Å²) >= 11 is 0. The molecule has 0 spiro atoms. The second kappa shape index (κ2) is 11.6. The number of carbonyl (C=O) groups is 2. The Hall–Kier alpha value is -1.89. The van der Waals surface area contributed by atoms with Gasteiger partial charge in [-0.25, -0.2) is 9.36 Å². The molecule has 0 aliphatic heterocycles. The molecule has 0 aliphatic carbocycles. The number of hydrogen-bond acceptors (Lipinski definition) is 7. The number of ether oxygens (including phenoxy) is 1. The van der Waals surface area contributed by atoms with Gasteiger partial charge in [0.05, 0.1) is 12.8 Å². The van der Waals surface area contributed by atoms with Gasteiger partial charge in [-0.05, 0) is 26.0 Å². The van der Waals surface area contributed by atoms with Crippen molar-refractivity contribution in [3.8, 4) is 5.75 Å². The Bertz CT molecular complexity index is 546. The van der Waals surface area contributed by atoms with Gasteiger partial charge in [0.1, 0.15) is 5.75 Å². The van der Waals surface area contributed by atoms with Gasteiger partial charge in [-0.1, -0.05) is 18.2 Å². The lowest BCUT2D eigenvalue weighted by molar-refractivity contribution is -0.150. The molecule has 0 saturated carbocycles. The summed E-state index contributed by atoms with van der Waals surface area (Å²) < 4.78 is 28.0. The summed E-state index contributed by atoms with van der Waals surface area (Å²) in [5.41, 5.74) is 5.43. The number of carbonyl (C=O) groups excluding carboxylic acids is 1. The molecule has 0 aliphatic rings. The predicted molar refractivity (Wildman–Crippen MR) is 89.1 cm³/mol.